The van der Waals surface area contributed by atoms with Crippen LogP contribution in [0.1, 0.15) is 0 Å². The maximum absolute atomic E-state index is 5.79. The monoisotopic (exact) mass is 209 g/mol. The van der Waals surface area contributed by atoms with Crippen molar-refractivity contribution in [3.8, 4) is 11.1 Å². The first-order chi connectivity index (χ1) is 7.84. The van der Waals surface area contributed by atoms with Gasteiger partial charge in [0.15, 0.2) is 0 Å². The van der Waals surface area contributed by atoms with Gasteiger partial charge in [0.2, 0.25) is 0 Å². The van der Waals surface area contributed by atoms with Gasteiger partial charge in [0, 0.05) is 29.8 Å². The van der Waals surface area contributed by atoms with E-state index >= 15 is 0 Å². The van der Waals surface area contributed by atoms with E-state index in [1.807, 2.05) is 47.1 Å². The van der Waals surface area contributed by atoms with Gasteiger partial charge in [0.1, 0.15) is 5.65 Å². The van der Waals surface area contributed by atoms with Gasteiger partial charge >= 0.3 is 0 Å². The summed E-state index contributed by atoms with van der Waals surface area (Å²) >= 11 is 0. The van der Waals surface area contributed by atoms with Crippen molar-refractivity contribution in [2.24, 2.45) is 0 Å². The van der Waals surface area contributed by atoms with Crippen molar-refractivity contribution in [3.63, 3.8) is 0 Å². The minimum Gasteiger partial charge on any atom is -0.399 e. The van der Waals surface area contributed by atoms with E-state index in [1.165, 1.54) is 0 Å². The highest BCUT2D eigenvalue weighted by molar-refractivity contribution is 5.78. The van der Waals surface area contributed by atoms with E-state index in [1.54, 1.807) is 6.20 Å². The van der Waals surface area contributed by atoms with Gasteiger partial charge in [-0.1, -0.05) is 12.1 Å². The predicted molar refractivity (Wildman–Crippen MR) is 65.0 cm³/mol. The smallest absolute Gasteiger partial charge is 0.144 e. The molecule has 0 aliphatic rings. The van der Waals surface area contributed by atoms with E-state index < -0.39 is 0 Å². The summed E-state index contributed by atoms with van der Waals surface area (Å²) < 4.78 is 2.00. The summed E-state index contributed by atoms with van der Waals surface area (Å²) in [7, 11) is 0. The Morgan fingerprint density at radius 3 is 2.88 bits per heavy atom. The highest BCUT2D eigenvalue weighted by Crippen LogP contribution is 2.24. The number of imidazole rings is 1. The number of nitrogens with two attached hydrogens (primary N) is 1. The fourth-order valence-electron chi connectivity index (χ4n) is 1.88. The Kier molecular flexibility index (Phi) is 1.90. The van der Waals surface area contributed by atoms with Gasteiger partial charge in [0.05, 0.1) is 0 Å². The van der Waals surface area contributed by atoms with E-state index in [9.17, 15) is 0 Å². The molecular formula is C13H11N3. The normalized spacial score (nSPS) is 10.8. The number of hydrogen-bond donors (Lipinski definition) is 1. The number of nitrogen functional groups attached to an aromatic ring is 1. The fourth-order valence-corrected chi connectivity index (χ4v) is 1.88. The molecule has 16 heavy (non-hydrogen) atoms. The van der Waals surface area contributed by atoms with Gasteiger partial charge < -0.3 is 10.1 Å². The molecule has 0 aliphatic carbocycles. The Balaban J connectivity index is 2.29. The van der Waals surface area contributed by atoms with Crippen LogP contribution < -0.4 is 5.73 Å². The molecule has 78 valence electrons. The van der Waals surface area contributed by atoms with Crippen LogP contribution in [0.25, 0.3) is 16.8 Å². The van der Waals surface area contributed by atoms with Crippen molar-refractivity contribution in [1.82, 2.24) is 9.38 Å². The Bertz CT molecular complexity index is 640. The van der Waals surface area contributed by atoms with Crippen LogP contribution in [-0.2, 0) is 0 Å². The second kappa shape index (κ2) is 3.38. The molecule has 0 amide bonds. The van der Waals surface area contributed by atoms with Crippen molar-refractivity contribution in [3.05, 3.63) is 55.0 Å². The SMILES string of the molecule is Nc1cccc(-c2cccn3ccnc23)c1. The summed E-state index contributed by atoms with van der Waals surface area (Å²) in [5, 5.41) is 0. The maximum atomic E-state index is 5.79. The number of benzene rings is 1. The van der Waals surface area contributed by atoms with Crippen LogP contribution in [0, 0.1) is 0 Å². The van der Waals surface area contributed by atoms with Crippen LogP contribution in [0.15, 0.2) is 55.0 Å². The number of rotatable bonds is 1. The van der Waals surface area contributed by atoms with Gasteiger partial charge in [-0.25, -0.2) is 4.98 Å². The lowest BCUT2D eigenvalue weighted by Gasteiger charge is -2.04. The number of fused-ring (bicyclic) bond motifs is 1. The first kappa shape index (κ1) is 8.97. The minimum absolute atomic E-state index is 0.769. The largest absolute Gasteiger partial charge is 0.399 e. The lowest BCUT2D eigenvalue weighted by molar-refractivity contribution is 1.19. The van der Waals surface area contributed by atoms with Crippen molar-refractivity contribution in [2.75, 3.05) is 5.73 Å². The van der Waals surface area contributed by atoms with Crippen LogP contribution in [-0.4, -0.2) is 9.38 Å². The molecule has 3 nitrogen and oxygen atoms in total. The summed E-state index contributed by atoms with van der Waals surface area (Å²) in [6.07, 6.45) is 5.72. The quantitative estimate of drug-likeness (QED) is 0.626. The average molecular weight is 209 g/mol. The topological polar surface area (TPSA) is 43.3 Å². The molecule has 3 heteroatoms. The summed E-state index contributed by atoms with van der Waals surface area (Å²) in [5.41, 5.74) is 9.70. The molecule has 3 rings (SSSR count). The zero-order valence-corrected chi connectivity index (χ0v) is 8.67. The Morgan fingerprint density at radius 1 is 1.06 bits per heavy atom. The average Bonchev–Trinajstić information content (AvgIpc) is 2.76. The van der Waals surface area contributed by atoms with Gasteiger partial charge in [-0.2, -0.15) is 0 Å². The number of aromatic nitrogens is 2. The Hall–Kier alpha value is -2.29. The number of anilines is 1. The molecule has 0 atom stereocenters. The fraction of sp³-hybridized carbons (Fsp3) is 0. The lowest BCUT2D eigenvalue weighted by atomic mass is 10.1. The zero-order valence-electron chi connectivity index (χ0n) is 8.67. The molecular weight excluding hydrogens is 198 g/mol. The zero-order chi connectivity index (χ0) is 11.0. The summed E-state index contributed by atoms with van der Waals surface area (Å²) in [4.78, 5) is 4.35. The van der Waals surface area contributed by atoms with E-state index in [-0.39, 0.29) is 0 Å². The first-order valence-corrected chi connectivity index (χ1v) is 5.12. The molecule has 0 unspecified atom stereocenters. The van der Waals surface area contributed by atoms with Crippen molar-refractivity contribution in [2.45, 2.75) is 0 Å². The van der Waals surface area contributed by atoms with Crippen LogP contribution in [0.5, 0.6) is 0 Å². The van der Waals surface area contributed by atoms with E-state index in [0.29, 0.717) is 0 Å². The summed E-state index contributed by atoms with van der Waals surface area (Å²) in [6.45, 7) is 0. The second-order valence-corrected chi connectivity index (χ2v) is 3.71. The van der Waals surface area contributed by atoms with E-state index in [0.717, 1.165) is 22.5 Å². The van der Waals surface area contributed by atoms with Gasteiger partial charge in [-0.3, -0.25) is 0 Å². The van der Waals surface area contributed by atoms with Crippen LogP contribution in [0.4, 0.5) is 5.69 Å². The van der Waals surface area contributed by atoms with Gasteiger partial charge in [-0.15, -0.1) is 0 Å². The molecule has 0 bridgehead atoms. The van der Waals surface area contributed by atoms with Gasteiger partial charge in [0.25, 0.3) is 0 Å². The molecule has 0 fully saturated rings. The Labute approximate surface area is 93.2 Å². The van der Waals surface area contributed by atoms with E-state index in [4.69, 9.17) is 5.73 Å². The molecule has 2 heterocycles. The van der Waals surface area contributed by atoms with Crippen LogP contribution in [0.2, 0.25) is 0 Å². The van der Waals surface area contributed by atoms with Crippen molar-refractivity contribution in [1.29, 1.82) is 0 Å². The molecule has 0 aliphatic heterocycles. The first-order valence-electron chi connectivity index (χ1n) is 5.12. The highest BCUT2D eigenvalue weighted by atomic mass is 15.0. The highest BCUT2D eigenvalue weighted by Gasteiger charge is 2.04. The van der Waals surface area contributed by atoms with Crippen LogP contribution in [0.3, 0.4) is 0 Å². The summed E-state index contributed by atoms with van der Waals surface area (Å²) in [6, 6.07) is 11.9. The van der Waals surface area contributed by atoms with Crippen molar-refractivity contribution < 1.29 is 0 Å². The molecule has 0 spiro atoms. The van der Waals surface area contributed by atoms with E-state index in [2.05, 4.69) is 11.1 Å². The third-order valence-corrected chi connectivity index (χ3v) is 2.62. The third kappa shape index (κ3) is 1.34. The molecule has 3 aromatic rings. The number of hydrogen-bond acceptors (Lipinski definition) is 2. The molecule has 2 aromatic heterocycles. The minimum atomic E-state index is 0.769. The lowest BCUT2D eigenvalue weighted by Crippen LogP contribution is -1.89. The molecule has 1 aromatic carbocycles. The number of pyridine rings is 1. The number of nitrogens with zero attached hydrogens (tertiary/aromatic N) is 2. The molecule has 0 saturated carbocycles. The van der Waals surface area contributed by atoms with Gasteiger partial charge in [-0.05, 0) is 29.8 Å². The Morgan fingerprint density at radius 2 is 2.00 bits per heavy atom. The van der Waals surface area contributed by atoms with Crippen LogP contribution >= 0.6 is 0 Å². The molecule has 0 radical (unpaired) electrons. The molecule has 2 N–H and O–H groups in total. The summed E-state index contributed by atoms with van der Waals surface area (Å²) in [5.74, 6) is 0. The standard InChI is InChI=1S/C13H11N3/c14-11-4-1-3-10(9-11)12-5-2-7-16-8-6-15-13(12)16/h1-9H,14H2. The third-order valence-electron chi connectivity index (χ3n) is 2.62. The predicted octanol–water partition coefficient (Wildman–Crippen LogP) is 2.58. The maximum Gasteiger partial charge on any atom is 0.144 e. The molecule has 0 saturated heterocycles. The second-order valence-electron chi connectivity index (χ2n) is 3.71. The van der Waals surface area contributed by atoms with Crippen molar-refractivity contribution >= 4 is 11.3 Å².